The highest BCUT2D eigenvalue weighted by Gasteiger charge is 1.92. The quantitative estimate of drug-likeness (QED) is 0.340. The first-order chi connectivity index (χ1) is 4.37. The molecule has 0 aromatic rings. The maximum absolute atomic E-state index is 7.17. The summed E-state index contributed by atoms with van der Waals surface area (Å²) in [7, 11) is -2.17. The Labute approximate surface area is 62.2 Å². The lowest BCUT2D eigenvalue weighted by molar-refractivity contribution is 0.278. The van der Waals surface area contributed by atoms with Crippen molar-refractivity contribution in [3.05, 3.63) is 11.1 Å². The summed E-state index contributed by atoms with van der Waals surface area (Å²) in [5.41, 5.74) is 2.85. The Morgan fingerprint density at radius 3 is 0.900 bits per heavy atom. The molecule has 0 radical (unpaired) electrons. The lowest BCUT2D eigenvalue weighted by Gasteiger charge is -1.88. The standard InChI is InChI=1S/C6H12.BH3O3/c1-5(2)6(3)4;2-1(3)4/h1-4H3;2-4H. The predicted octanol–water partition coefficient (Wildman–Crippen LogP) is 0.311. The Hall–Kier alpha value is -0.315. The molecule has 0 heterocycles. The van der Waals surface area contributed by atoms with Gasteiger partial charge in [0.25, 0.3) is 0 Å². The Morgan fingerprint density at radius 1 is 0.800 bits per heavy atom. The van der Waals surface area contributed by atoms with E-state index in [9.17, 15) is 0 Å². The Morgan fingerprint density at radius 2 is 0.900 bits per heavy atom. The summed E-state index contributed by atoms with van der Waals surface area (Å²) < 4.78 is 0. The average molecular weight is 146 g/mol. The summed E-state index contributed by atoms with van der Waals surface area (Å²) in [4.78, 5) is 0. The molecule has 0 rings (SSSR count). The number of rotatable bonds is 0. The van der Waals surface area contributed by atoms with Crippen molar-refractivity contribution in [1.82, 2.24) is 0 Å². The molecule has 0 bridgehead atoms. The number of allylic oxidation sites excluding steroid dienone is 2. The summed E-state index contributed by atoms with van der Waals surface area (Å²) >= 11 is 0. The van der Waals surface area contributed by atoms with E-state index in [2.05, 4.69) is 27.7 Å². The van der Waals surface area contributed by atoms with Crippen molar-refractivity contribution in [3.63, 3.8) is 0 Å². The topological polar surface area (TPSA) is 60.7 Å². The number of hydrogen-bond acceptors (Lipinski definition) is 3. The van der Waals surface area contributed by atoms with E-state index < -0.39 is 7.32 Å². The van der Waals surface area contributed by atoms with Crippen LogP contribution in [0.4, 0.5) is 0 Å². The van der Waals surface area contributed by atoms with Crippen LogP contribution in [0, 0.1) is 0 Å². The molecule has 10 heavy (non-hydrogen) atoms. The minimum absolute atomic E-state index is 1.43. The SMILES string of the molecule is CC(C)=C(C)C.OB(O)O. The minimum Gasteiger partial charge on any atom is -0.402 e. The number of hydrogen-bond donors (Lipinski definition) is 3. The average Bonchev–Trinajstić information content (AvgIpc) is 1.63. The summed E-state index contributed by atoms with van der Waals surface area (Å²) in [5, 5.41) is 21.5. The molecular formula is C6H15BO3. The third-order valence-corrected chi connectivity index (χ3v) is 1.00. The van der Waals surface area contributed by atoms with E-state index in [1.807, 2.05) is 0 Å². The van der Waals surface area contributed by atoms with Crippen molar-refractivity contribution in [2.45, 2.75) is 27.7 Å². The first-order valence-corrected chi connectivity index (χ1v) is 3.02. The summed E-state index contributed by atoms with van der Waals surface area (Å²) in [6, 6.07) is 0. The maximum Gasteiger partial charge on any atom is 0.631 e. The predicted molar refractivity (Wildman–Crippen MR) is 42.1 cm³/mol. The molecule has 0 aliphatic heterocycles. The first-order valence-electron chi connectivity index (χ1n) is 3.02. The smallest absolute Gasteiger partial charge is 0.402 e. The van der Waals surface area contributed by atoms with Crippen LogP contribution in [0.25, 0.3) is 0 Å². The zero-order valence-electron chi connectivity index (χ0n) is 6.92. The third-order valence-electron chi connectivity index (χ3n) is 1.00. The highest BCUT2D eigenvalue weighted by Crippen LogP contribution is 1.96. The molecule has 0 aliphatic carbocycles. The van der Waals surface area contributed by atoms with Gasteiger partial charge in [-0.2, -0.15) is 0 Å². The highest BCUT2D eigenvalue weighted by molar-refractivity contribution is 6.30. The van der Waals surface area contributed by atoms with Crippen LogP contribution in [0.2, 0.25) is 0 Å². The van der Waals surface area contributed by atoms with Gasteiger partial charge in [0.1, 0.15) is 0 Å². The van der Waals surface area contributed by atoms with Crippen LogP contribution in [-0.2, 0) is 0 Å². The molecular weight excluding hydrogens is 131 g/mol. The van der Waals surface area contributed by atoms with E-state index in [4.69, 9.17) is 15.1 Å². The van der Waals surface area contributed by atoms with Crippen LogP contribution in [-0.4, -0.2) is 22.4 Å². The molecule has 3 N–H and O–H groups in total. The molecule has 0 aliphatic rings. The van der Waals surface area contributed by atoms with Crippen LogP contribution in [0.5, 0.6) is 0 Å². The highest BCUT2D eigenvalue weighted by atomic mass is 16.5. The van der Waals surface area contributed by atoms with Gasteiger partial charge in [0.2, 0.25) is 0 Å². The minimum atomic E-state index is -2.17. The molecule has 0 atom stereocenters. The van der Waals surface area contributed by atoms with Crippen molar-refractivity contribution >= 4 is 7.32 Å². The van der Waals surface area contributed by atoms with Crippen LogP contribution in [0.15, 0.2) is 11.1 Å². The van der Waals surface area contributed by atoms with E-state index in [1.165, 1.54) is 11.1 Å². The molecule has 3 nitrogen and oxygen atoms in total. The molecule has 0 saturated heterocycles. The van der Waals surface area contributed by atoms with Gasteiger partial charge in [0, 0.05) is 0 Å². The molecule has 0 fully saturated rings. The Kier molecular flexibility index (Phi) is 8.41. The van der Waals surface area contributed by atoms with E-state index >= 15 is 0 Å². The van der Waals surface area contributed by atoms with Gasteiger partial charge < -0.3 is 15.1 Å². The van der Waals surface area contributed by atoms with Gasteiger partial charge in [-0.15, -0.1) is 0 Å². The van der Waals surface area contributed by atoms with Gasteiger partial charge >= 0.3 is 7.32 Å². The molecule has 0 aromatic heterocycles. The van der Waals surface area contributed by atoms with Crippen LogP contribution >= 0.6 is 0 Å². The zero-order chi connectivity index (χ0) is 8.73. The fraction of sp³-hybridized carbons (Fsp3) is 0.667. The van der Waals surface area contributed by atoms with Crippen molar-refractivity contribution in [1.29, 1.82) is 0 Å². The van der Waals surface area contributed by atoms with Gasteiger partial charge in [-0.1, -0.05) is 11.1 Å². The van der Waals surface area contributed by atoms with Gasteiger partial charge in [0.05, 0.1) is 0 Å². The van der Waals surface area contributed by atoms with Crippen LogP contribution in [0.1, 0.15) is 27.7 Å². The molecule has 0 saturated carbocycles. The van der Waals surface area contributed by atoms with Crippen LogP contribution in [0.3, 0.4) is 0 Å². The zero-order valence-corrected chi connectivity index (χ0v) is 6.92. The largest absolute Gasteiger partial charge is 0.631 e. The van der Waals surface area contributed by atoms with Gasteiger partial charge in [-0.3, -0.25) is 0 Å². The van der Waals surface area contributed by atoms with Gasteiger partial charge in [-0.05, 0) is 27.7 Å². The first kappa shape index (κ1) is 12.4. The van der Waals surface area contributed by atoms with E-state index in [-0.39, 0.29) is 0 Å². The monoisotopic (exact) mass is 146 g/mol. The molecule has 0 amide bonds. The normalized spacial score (nSPS) is 7.50. The van der Waals surface area contributed by atoms with Crippen molar-refractivity contribution in [3.8, 4) is 0 Å². The molecule has 60 valence electrons. The van der Waals surface area contributed by atoms with E-state index in [1.54, 1.807) is 0 Å². The van der Waals surface area contributed by atoms with Crippen molar-refractivity contribution in [2.75, 3.05) is 0 Å². The molecule has 4 heteroatoms. The van der Waals surface area contributed by atoms with Crippen molar-refractivity contribution in [2.24, 2.45) is 0 Å². The van der Waals surface area contributed by atoms with Crippen LogP contribution < -0.4 is 0 Å². The second-order valence-electron chi connectivity index (χ2n) is 2.35. The van der Waals surface area contributed by atoms with E-state index in [0.29, 0.717) is 0 Å². The lowest BCUT2D eigenvalue weighted by atomic mass is 10.2. The maximum atomic E-state index is 7.17. The molecule has 0 aromatic carbocycles. The third kappa shape index (κ3) is 25.3. The second kappa shape index (κ2) is 6.80. The molecule has 0 spiro atoms. The van der Waals surface area contributed by atoms with E-state index in [0.717, 1.165) is 0 Å². The summed E-state index contributed by atoms with van der Waals surface area (Å²) in [5.74, 6) is 0. The fourth-order valence-corrected chi connectivity index (χ4v) is 0. The van der Waals surface area contributed by atoms with Gasteiger partial charge in [0.15, 0.2) is 0 Å². The fourth-order valence-electron chi connectivity index (χ4n) is 0. The van der Waals surface area contributed by atoms with Gasteiger partial charge in [-0.25, -0.2) is 0 Å². The summed E-state index contributed by atoms with van der Waals surface area (Å²) in [6.45, 7) is 8.48. The van der Waals surface area contributed by atoms with Crippen molar-refractivity contribution < 1.29 is 15.1 Å². The Bertz CT molecular complexity index is 88.8. The molecule has 0 unspecified atom stereocenters. The lowest BCUT2D eigenvalue weighted by Crippen LogP contribution is -2.07. The second-order valence-corrected chi connectivity index (χ2v) is 2.35. The summed E-state index contributed by atoms with van der Waals surface area (Å²) in [6.07, 6.45) is 0. The Balaban J connectivity index is 0.